The van der Waals surface area contributed by atoms with Crippen molar-refractivity contribution in [3.63, 3.8) is 0 Å². The van der Waals surface area contributed by atoms with Gasteiger partial charge in [-0.2, -0.15) is 4.31 Å². The van der Waals surface area contributed by atoms with Gasteiger partial charge in [-0.25, -0.2) is 8.42 Å². The largest absolute Gasteiger partial charge is 0.382 e. The van der Waals surface area contributed by atoms with E-state index in [9.17, 15) is 18.0 Å². The summed E-state index contributed by atoms with van der Waals surface area (Å²) in [6.07, 6.45) is 0.548. The number of hydrogen-bond acceptors (Lipinski definition) is 5. The standard InChI is InChI=1S/C24H31N3O5S/c1-3-32-16-10-15-27-22(28)18-26(33(30,31)21-13-8-5-9-14-21)19-24(27,2)23(29)25-17-20-11-6-4-7-12-20/h4-9,11-14H,3,10,15-19H2,1-2H3,(H,25,29)/t24-/m1/s1. The second-order valence-corrected chi connectivity index (χ2v) is 10.1. The molecule has 9 heteroatoms. The van der Waals surface area contributed by atoms with E-state index in [-0.39, 0.29) is 24.5 Å². The fraction of sp³-hybridized carbons (Fsp3) is 0.417. The third-order valence-electron chi connectivity index (χ3n) is 5.73. The van der Waals surface area contributed by atoms with Crippen molar-refractivity contribution in [3.8, 4) is 0 Å². The van der Waals surface area contributed by atoms with E-state index in [1.54, 1.807) is 25.1 Å². The van der Waals surface area contributed by atoms with Gasteiger partial charge in [0.15, 0.2) is 0 Å². The molecule has 3 rings (SSSR count). The SMILES string of the molecule is CCOCCCN1C(=O)CN(S(=O)(=O)c2ccccc2)C[C@]1(C)C(=O)NCc1ccccc1. The lowest BCUT2D eigenvalue weighted by atomic mass is 9.95. The highest BCUT2D eigenvalue weighted by Gasteiger charge is 2.50. The molecule has 0 bridgehead atoms. The van der Waals surface area contributed by atoms with Crippen molar-refractivity contribution in [2.45, 2.75) is 37.2 Å². The molecule has 1 N–H and O–H groups in total. The molecule has 0 spiro atoms. The van der Waals surface area contributed by atoms with Crippen LogP contribution in [0.3, 0.4) is 0 Å². The van der Waals surface area contributed by atoms with Gasteiger partial charge in [-0.3, -0.25) is 9.59 Å². The fourth-order valence-electron chi connectivity index (χ4n) is 3.91. The first-order chi connectivity index (χ1) is 15.8. The lowest BCUT2D eigenvalue weighted by molar-refractivity contribution is -0.153. The Hall–Kier alpha value is -2.75. The molecule has 33 heavy (non-hydrogen) atoms. The highest BCUT2D eigenvalue weighted by molar-refractivity contribution is 7.89. The summed E-state index contributed by atoms with van der Waals surface area (Å²) >= 11 is 0. The average Bonchev–Trinajstić information content (AvgIpc) is 2.82. The number of rotatable bonds is 10. The number of sulfonamides is 1. The average molecular weight is 474 g/mol. The van der Waals surface area contributed by atoms with Crippen molar-refractivity contribution < 1.29 is 22.7 Å². The predicted octanol–water partition coefficient (Wildman–Crippen LogP) is 2.02. The van der Waals surface area contributed by atoms with E-state index in [1.165, 1.54) is 17.0 Å². The molecule has 1 fully saturated rings. The summed E-state index contributed by atoms with van der Waals surface area (Å²) in [5, 5.41) is 2.89. The summed E-state index contributed by atoms with van der Waals surface area (Å²) in [6.45, 7) is 4.66. The third kappa shape index (κ3) is 5.79. The van der Waals surface area contributed by atoms with E-state index in [0.29, 0.717) is 26.2 Å². The molecule has 0 unspecified atom stereocenters. The minimum Gasteiger partial charge on any atom is -0.382 e. The topological polar surface area (TPSA) is 96.0 Å². The molecule has 1 aliphatic rings. The van der Waals surface area contributed by atoms with Crippen LogP contribution in [0.4, 0.5) is 0 Å². The van der Waals surface area contributed by atoms with Crippen LogP contribution in [0, 0.1) is 0 Å². The van der Waals surface area contributed by atoms with Crippen LogP contribution < -0.4 is 5.32 Å². The monoisotopic (exact) mass is 473 g/mol. The molecule has 1 saturated heterocycles. The molecule has 2 aromatic rings. The summed E-state index contributed by atoms with van der Waals surface area (Å²) in [5.41, 5.74) is -0.453. The molecule has 8 nitrogen and oxygen atoms in total. The smallest absolute Gasteiger partial charge is 0.247 e. The molecule has 1 aliphatic heterocycles. The summed E-state index contributed by atoms with van der Waals surface area (Å²) in [6, 6.07) is 17.4. The van der Waals surface area contributed by atoms with Crippen molar-refractivity contribution in [2.75, 3.05) is 32.8 Å². The van der Waals surface area contributed by atoms with Gasteiger partial charge < -0.3 is 15.0 Å². The van der Waals surface area contributed by atoms with E-state index in [1.807, 2.05) is 37.3 Å². The normalized spacial score (nSPS) is 19.5. The number of benzene rings is 2. The Morgan fingerprint density at radius 3 is 2.36 bits per heavy atom. The predicted molar refractivity (Wildman–Crippen MR) is 125 cm³/mol. The van der Waals surface area contributed by atoms with E-state index in [4.69, 9.17) is 4.74 Å². The Balaban J connectivity index is 1.85. The number of amides is 2. The lowest BCUT2D eigenvalue weighted by Crippen LogP contribution is -2.69. The molecular formula is C24H31N3O5S. The van der Waals surface area contributed by atoms with Gasteiger partial charge in [-0.1, -0.05) is 48.5 Å². The Morgan fingerprint density at radius 1 is 1.09 bits per heavy atom. The van der Waals surface area contributed by atoms with Gasteiger partial charge in [-0.15, -0.1) is 0 Å². The molecular weight excluding hydrogens is 442 g/mol. The van der Waals surface area contributed by atoms with Gasteiger partial charge in [0, 0.05) is 32.8 Å². The summed E-state index contributed by atoms with van der Waals surface area (Å²) in [5.74, 6) is -0.807. The summed E-state index contributed by atoms with van der Waals surface area (Å²) in [4.78, 5) is 28.1. The van der Waals surface area contributed by atoms with Gasteiger partial charge in [0.05, 0.1) is 11.4 Å². The first-order valence-corrected chi connectivity index (χ1v) is 12.5. The first-order valence-electron chi connectivity index (χ1n) is 11.0. The Kier molecular flexibility index (Phi) is 8.23. The van der Waals surface area contributed by atoms with E-state index in [2.05, 4.69) is 5.32 Å². The second kappa shape index (κ2) is 10.9. The zero-order chi connectivity index (χ0) is 23.9. The molecule has 1 heterocycles. The lowest BCUT2D eigenvalue weighted by Gasteiger charge is -2.46. The van der Waals surface area contributed by atoms with Crippen molar-refractivity contribution in [2.24, 2.45) is 0 Å². The molecule has 1 atom stereocenters. The van der Waals surface area contributed by atoms with E-state index < -0.39 is 27.4 Å². The summed E-state index contributed by atoms with van der Waals surface area (Å²) < 4.78 is 32.9. The highest BCUT2D eigenvalue weighted by atomic mass is 32.2. The minimum atomic E-state index is -3.94. The van der Waals surface area contributed by atoms with Gasteiger partial charge >= 0.3 is 0 Å². The molecule has 0 aliphatic carbocycles. The Bertz CT molecular complexity index is 1050. The van der Waals surface area contributed by atoms with Crippen LogP contribution in [0.1, 0.15) is 25.8 Å². The maximum atomic E-state index is 13.4. The zero-order valence-electron chi connectivity index (χ0n) is 19.1. The maximum Gasteiger partial charge on any atom is 0.247 e. The van der Waals surface area contributed by atoms with Crippen LogP contribution in [0.25, 0.3) is 0 Å². The van der Waals surface area contributed by atoms with Crippen molar-refractivity contribution in [1.82, 2.24) is 14.5 Å². The fourth-order valence-corrected chi connectivity index (χ4v) is 5.41. The van der Waals surface area contributed by atoms with Crippen molar-refractivity contribution >= 4 is 21.8 Å². The zero-order valence-corrected chi connectivity index (χ0v) is 19.9. The van der Waals surface area contributed by atoms with Crippen molar-refractivity contribution in [1.29, 1.82) is 0 Å². The van der Waals surface area contributed by atoms with E-state index >= 15 is 0 Å². The van der Waals surface area contributed by atoms with Crippen LogP contribution in [0.2, 0.25) is 0 Å². The number of carbonyl (C=O) groups excluding carboxylic acids is 2. The number of hydrogen-bond donors (Lipinski definition) is 1. The third-order valence-corrected chi connectivity index (χ3v) is 7.54. The Labute approximate surface area is 195 Å². The number of piperazine rings is 1. The van der Waals surface area contributed by atoms with Crippen LogP contribution in [-0.4, -0.2) is 67.8 Å². The van der Waals surface area contributed by atoms with Crippen LogP contribution in [0.15, 0.2) is 65.6 Å². The van der Waals surface area contributed by atoms with Crippen LogP contribution >= 0.6 is 0 Å². The van der Waals surface area contributed by atoms with Gasteiger partial charge in [0.2, 0.25) is 21.8 Å². The van der Waals surface area contributed by atoms with Crippen LogP contribution in [0.5, 0.6) is 0 Å². The van der Waals surface area contributed by atoms with E-state index in [0.717, 1.165) is 9.87 Å². The maximum absolute atomic E-state index is 13.4. The molecule has 0 saturated carbocycles. The van der Waals surface area contributed by atoms with Gasteiger partial charge in [-0.05, 0) is 38.0 Å². The second-order valence-electron chi connectivity index (χ2n) is 8.12. The molecule has 0 aromatic heterocycles. The number of ether oxygens (including phenoxy) is 1. The van der Waals surface area contributed by atoms with Gasteiger partial charge in [0.25, 0.3) is 0 Å². The molecule has 178 valence electrons. The van der Waals surface area contributed by atoms with Crippen LogP contribution in [-0.2, 0) is 30.9 Å². The first kappa shape index (κ1) is 24.9. The summed E-state index contributed by atoms with van der Waals surface area (Å²) in [7, 11) is -3.94. The van der Waals surface area contributed by atoms with Crippen molar-refractivity contribution in [3.05, 3.63) is 66.2 Å². The number of carbonyl (C=O) groups is 2. The molecule has 2 amide bonds. The Morgan fingerprint density at radius 2 is 1.73 bits per heavy atom. The minimum absolute atomic E-state index is 0.0923. The molecule has 2 aromatic carbocycles. The number of nitrogens with zero attached hydrogens (tertiary/aromatic N) is 2. The quantitative estimate of drug-likeness (QED) is 0.533. The molecule has 0 radical (unpaired) electrons. The highest BCUT2D eigenvalue weighted by Crippen LogP contribution is 2.28. The van der Waals surface area contributed by atoms with Gasteiger partial charge in [0.1, 0.15) is 5.54 Å². The number of nitrogens with one attached hydrogen (secondary N) is 1.